The van der Waals surface area contributed by atoms with Crippen molar-refractivity contribution in [2.45, 2.75) is 6.18 Å². The summed E-state index contributed by atoms with van der Waals surface area (Å²) in [6.07, 6.45) is -2.54. The molecule has 2 aromatic heterocycles. The molecule has 0 fully saturated rings. The zero-order valence-corrected chi connectivity index (χ0v) is 11.5. The highest BCUT2D eigenvalue weighted by molar-refractivity contribution is 6.28. The Labute approximate surface area is 127 Å². The van der Waals surface area contributed by atoms with Crippen LogP contribution in [0.2, 0.25) is 5.28 Å². The first-order chi connectivity index (χ1) is 10.4. The van der Waals surface area contributed by atoms with Crippen LogP contribution in [0.1, 0.15) is 11.1 Å². The molecule has 1 N–H and O–H groups in total. The first-order valence-electron chi connectivity index (χ1n) is 6.01. The van der Waals surface area contributed by atoms with Crippen LogP contribution in [0.4, 0.5) is 13.2 Å². The van der Waals surface area contributed by atoms with E-state index in [4.69, 9.17) is 16.9 Å². The normalized spacial score (nSPS) is 11.6. The Morgan fingerprint density at radius 2 is 2.05 bits per heavy atom. The van der Waals surface area contributed by atoms with E-state index in [-0.39, 0.29) is 16.5 Å². The number of nitrogens with one attached hydrogen (secondary N) is 1. The molecule has 0 unspecified atom stereocenters. The Morgan fingerprint density at radius 1 is 1.27 bits per heavy atom. The van der Waals surface area contributed by atoms with E-state index >= 15 is 0 Å². The average molecular weight is 323 g/mol. The van der Waals surface area contributed by atoms with Gasteiger partial charge in [-0.3, -0.25) is 0 Å². The van der Waals surface area contributed by atoms with Gasteiger partial charge in [-0.25, -0.2) is 9.97 Å². The number of nitriles is 1. The van der Waals surface area contributed by atoms with Crippen molar-refractivity contribution in [3.63, 3.8) is 0 Å². The lowest BCUT2D eigenvalue weighted by Gasteiger charge is -2.11. The van der Waals surface area contributed by atoms with Crippen molar-refractivity contribution in [2.24, 2.45) is 0 Å². The van der Waals surface area contributed by atoms with E-state index in [1.165, 1.54) is 12.3 Å². The van der Waals surface area contributed by atoms with E-state index in [1.807, 2.05) is 6.07 Å². The summed E-state index contributed by atoms with van der Waals surface area (Å²) in [7, 11) is 0. The van der Waals surface area contributed by atoms with E-state index < -0.39 is 11.7 Å². The molecule has 3 aromatic rings. The Balaban J connectivity index is 2.28. The predicted octanol–water partition coefficient (Wildman–Crippen LogP) is 4.17. The SMILES string of the molecule is N#Cc1ccc2c(-c3nc(Cl)ncc3C(F)(F)F)c[nH]c2c1. The Hall–Kier alpha value is -2.59. The van der Waals surface area contributed by atoms with Gasteiger partial charge in [0, 0.05) is 28.9 Å². The number of H-pyrrole nitrogens is 1. The lowest BCUT2D eigenvalue weighted by atomic mass is 10.0. The standard InChI is InChI=1S/C14H6ClF3N4/c15-13-21-6-10(14(16,17)18)12(22-13)9-5-20-11-3-7(4-19)1-2-8(9)11/h1-3,5-6,20H. The van der Waals surface area contributed by atoms with Crippen molar-refractivity contribution in [3.8, 4) is 17.3 Å². The molecule has 110 valence electrons. The van der Waals surface area contributed by atoms with E-state index in [0.717, 1.165) is 0 Å². The zero-order chi connectivity index (χ0) is 15.9. The second-order valence-electron chi connectivity index (χ2n) is 4.47. The Bertz CT molecular complexity index is 909. The van der Waals surface area contributed by atoms with Crippen molar-refractivity contribution in [3.05, 3.63) is 47.0 Å². The minimum Gasteiger partial charge on any atom is -0.360 e. The number of hydrogen-bond acceptors (Lipinski definition) is 3. The van der Waals surface area contributed by atoms with E-state index in [2.05, 4.69) is 15.0 Å². The van der Waals surface area contributed by atoms with Crippen LogP contribution in [-0.2, 0) is 6.18 Å². The molecular formula is C14H6ClF3N4. The largest absolute Gasteiger partial charge is 0.419 e. The molecule has 1 aromatic carbocycles. The Kier molecular flexibility index (Phi) is 3.26. The van der Waals surface area contributed by atoms with E-state index in [1.54, 1.807) is 12.1 Å². The fourth-order valence-electron chi connectivity index (χ4n) is 2.16. The van der Waals surface area contributed by atoms with Gasteiger partial charge < -0.3 is 4.98 Å². The molecular weight excluding hydrogens is 317 g/mol. The molecule has 22 heavy (non-hydrogen) atoms. The van der Waals surface area contributed by atoms with Crippen molar-refractivity contribution >= 4 is 22.5 Å². The topological polar surface area (TPSA) is 65.4 Å². The van der Waals surface area contributed by atoms with Crippen LogP contribution >= 0.6 is 11.6 Å². The lowest BCUT2D eigenvalue weighted by molar-refractivity contribution is -0.137. The number of aromatic amines is 1. The van der Waals surface area contributed by atoms with Gasteiger partial charge in [-0.15, -0.1) is 0 Å². The predicted molar refractivity (Wildman–Crippen MR) is 74.1 cm³/mol. The molecule has 0 spiro atoms. The summed E-state index contributed by atoms with van der Waals surface area (Å²) < 4.78 is 39.3. The molecule has 0 amide bonds. The first kappa shape index (κ1) is 14.4. The minimum atomic E-state index is -4.60. The average Bonchev–Trinajstić information content (AvgIpc) is 2.88. The highest BCUT2D eigenvalue weighted by atomic mass is 35.5. The molecule has 2 heterocycles. The van der Waals surface area contributed by atoms with Gasteiger partial charge >= 0.3 is 6.18 Å². The molecule has 0 saturated heterocycles. The van der Waals surface area contributed by atoms with Crippen molar-refractivity contribution in [1.29, 1.82) is 5.26 Å². The third-order valence-corrected chi connectivity index (χ3v) is 3.31. The molecule has 8 heteroatoms. The first-order valence-corrected chi connectivity index (χ1v) is 6.39. The molecule has 3 rings (SSSR count). The van der Waals surface area contributed by atoms with Gasteiger partial charge in [0.05, 0.1) is 17.3 Å². The van der Waals surface area contributed by atoms with Crippen LogP contribution < -0.4 is 0 Å². The van der Waals surface area contributed by atoms with Crippen molar-refractivity contribution in [2.75, 3.05) is 0 Å². The molecule has 0 bridgehead atoms. The highest BCUT2D eigenvalue weighted by Gasteiger charge is 2.36. The van der Waals surface area contributed by atoms with Gasteiger partial charge in [-0.1, -0.05) is 6.07 Å². The maximum atomic E-state index is 13.1. The maximum Gasteiger partial charge on any atom is 0.419 e. The number of halogens is 4. The number of rotatable bonds is 1. The second-order valence-corrected chi connectivity index (χ2v) is 4.81. The number of fused-ring (bicyclic) bond motifs is 1. The van der Waals surface area contributed by atoms with E-state index in [9.17, 15) is 13.2 Å². The Morgan fingerprint density at radius 3 is 2.73 bits per heavy atom. The molecule has 0 aliphatic rings. The third kappa shape index (κ3) is 2.38. The monoisotopic (exact) mass is 322 g/mol. The molecule has 0 atom stereocenters. The van der Waals surface area contributed by atoms with Gasteiger partial charge in [0.25, 0.3) is 0 Å². The zero-order valence-electron chi connectivity index (χ0n) is 10.7. The number of aromatic nitrogens is 3. The maximum absolute atomic E-state index is 13.1. The quantitative estimate of drug-likeness (QED) is 0.684. The smallest absolute Gasteiger partial charge is 0.360 e. The van der Waals surface area contributed by atoms with Gasteiger partial charge in [0.15, 0.2) is 0 Å². The summed E-state index contributed by atoms with van der Waals surface area (Å²) in [5.74, 6) is 0. The van der Waals surface area contributed by atoms with Crippen LogP contribution in [0, 0.1) is 11.3 Å². The molecule has 0 aliphatic carbocycles. The summed E-state index contributed by atoms with van der Waals surface area (Å²) >= 11 is 5.64. The fraction of sp³-hybridized carbons (Fsp3) is 0.0714. The summed E-state index contributed by atoms with van der Waals surface area (Å²) in [6, 6.07) is 6.61. The van der Waals surface area contributed by atoms with Gasteiger partial charge in [0.2, 0.25) is 5.28 Å². The molecule has 4 nitrogen and oxygen atoms in total. The number of nitrogens with zero attached hydrogens (tertiary/aromatic N) is 3. The molecule has 0 radical (unpaired) electrons. The third-order valence-electron chi connectivity index (χ3n) is 3.13. The highest BCUT2D eigenvalue weighted by Crippen LogP contribution is 2.38. The van der Waals surface area contributed by atoms with Gasteiger partial charge in [0.1, 0.15) is 5.56 Å². The molecule has 0 saturated carbocycles. The van der Waals surface area contributed by atoms with Crippen molar-refractivity contribution in [1.82, 2.24) is 15.0 Å². The minimum absolute atomic E-state index is 0.246. The summed E-state index contributed by atoms with van der Waals surface area (Å²) in [5, 5.41) is 9.10. The summed E-state index contributed by atoms with van der Waals surface area (Å²) in [4.78, 5) is 9.97. The van der Waals surface area contributed by atoms with Crippen LogP contribution in [0.25, 0.3) is 22.2 Å². The van der Waals surface area contributed by atoms with Crippen LogP contribution in [0.3, 0.4) is 0 Å². The second kappa shape index (κ2) is 5.00. The van der Waals surface area contributed by atoms with E-state index in [0.29, 0.717) is 22.7 Å². The van der Waals surface area contributed by atoms with Crippen molar-refractivity contribution < 1.29 is 13.2 Å². The van der Waals surface area contributed by atoms with Gasteiger partial charge in [-0.05, 0) is 23.7 Å². The van der Waals surface area contributed by atoms with Crippen LogP contribution in [0.15, 0.2) is 30.6 Å². The number of alkyl halides is 3. The van der Waals surface area contributed by atoms with Crippen LogP contribution in [-0.4, -0.2) is 15.0 Å². The molecule has 0 aliphatic heterocycles. The fourth-order valence-corrected chi connectivity index (χ4v) is 2.30. The van der Waals surface area contributed by atoms with Crippen LogP contribution in [0.5, 0.6) is 0 Å². The number of hydrogen-bond donors (Lipinski definition) is 1. The van der Waals surface area contributed by atoms with Gasteiger partial charge in [-0.2, -0.15) is 18.4 Å². The summed E-state index contributed by atoms with van der Waals surface area (Å²) in [5.41, 5.74) is -0.0868. The lowest BCUT2D eigenvalue weighted by Crippen LogP contribution is -2.09. The summed E-state index contributed by atoms with van der Waals surface area (Å²) in [6.45, 7) is 0. The number of benzene rings is 1.